The monoisotopic (exact) mass is 294 g/mol. The summed E-state index contributed by atoms with van der Waals surface area (Å²) in [5.41, 5.74) is 0. The molecular formula is C14H25F3N2O. The number of halogens is 3. The van der Waals surface area contributed by atoms with Crippen molar-refractivity contribution in [2.45, 2.75) is 65.3 Å². The first kappa shape index (κ1) is 17.3. The van der Waals surface area contributed by atoms with Crippen LogP contribution in [-0.2, 0) is 4.79 Å². The second kappa shape index (κ2) is 6.78. The predicted octanol–water partition coefficient (Wildman–Crippen LogP) is 3.16. The zero-order valence-corrected chi connectivity index (χ0v) is 12.6. The van der Waals surface area contributed by atoms with Gasteiger partial charge in [0.1, 0.15) is 0 Å². The van der Waals surface area contributed by atoms with E-state index in [4.69, 9.17) is 0 Å². The molecule has 1 amide bonds. The number of carbonyl (C=O) groups excluding carboxylic acids is 1. The molecule has 0 radical (unpaired) electrons. The topological polar surface area (TPSA) is 32.3 Å². The van der Waals surface area contributed by atoms with Gasteiger partial charge in [-0.25, -0.2) is 0 Å². The molecule has 2 unspecified atom stereocenters. The number of rotatable bonds is 6. The van der Waals surface area contributed by atoms with Gasteiger partial charge in [-0.05, 0) is 24.7 Å². The van der Waals surface area contributed by atoms with Gasteiger partial charge in [0.05, 0.1) is 12.2 Å². The first-order valence-electron chi connectivity index (χ1n) is 7.26. The molecule has 20 heavy (non-hydrogen) atoms. The van der Waals surface area contributed by atoms with Crippen LogP contribution in [0.2, 0.25) is 0 Å². The van der Waals surface area contributed by atoms with Gasteiger partial charge in [-0.3, -0.25) is 10.1 Å². The highest BCUT2D eigenvalue weighted by molar-refractivity contribution is 5.84. The SMILES string of the molecule is CC(C)C1NC(C(C)C)N(CCCCC(F)(F)F)C1=O. The Morgan fingerprint density at radius 3 is 2.20 bits per heavy atom. The van der Waals surface area contributed by atoms with Crippen LogP contribution in [0.15, 0.2) is 0 Å². The van der Waals surface area contributed by atoms with Gasteiger partial charge in [0, 0.05) is 13.0 Å². The molecule has 1 heterocycles. The van der Waals surface area contributed by atoms with Crippen LogP contribution in [0.25, 0.3) is 0 Å². The van der Waals surface area contributed by atoms with Crippen molar-refractivity contribution in [3.05, 3.63) is 0 Å². The maximum absolute atomic E-state index is 12.3. The van der Waals surface area contributed by atoms with E-state index in [2.05, 4.69) is 5.32 Å². The third kappa shape index (κ3) is 4.65. The second-order valence-corrected chi connectivity index (χ2v) is 6.18. The molecule has 0 spiro atoms. The average Bonchev–Trinajstić information content (AvgIpc) is 2.61. The minimum atomic E-state index is -4.11. The third-order valence-electron chi connectivity index (χ3n) is 3.64. The summed E-state index contributed by atoms with van der Waals surface area (Å²) in [6, 6.07) is -0.218. The zero-order chi connectivity index (χ0) is 15.5. The van der Waals surface area contributed by atoms with Crippen LogP contribution in [0, 0.1) is 11.8 Å². The van der Waals surface area contributed by atoms with Gasteiger partial charge < -0.3 is 4.90 Å². The van der Waals surface area contributed by atoms with E-state index in [1.54, 1.807) is 4.90 Å². The molecule has 1 saturated heterocycles. The Hall–Kier alpha value is -0.780. The Bertz CT molecular complexity index is 329. The molecule has 3 nitrogen and oxygen atoms in total. The van der Waals surface area contributed by atoms with Crippen molar-refractivity contribution in [3.8, 4) is 0 Å². The summed E-state index contributed by atoms with van der Waals surface area (Å²) in [4.78, 5) is 14.0. The minimum absolute atomic E-state index is 0.0192. The lowest BCUT2D eigenvalue weighted by Crippen LogP contribution is -2.42. The van der Waals surface area contributed by atoms with Gasteiger partial charge in [-0.2, -0.15) is 13.2 Å². The van der Waals surface area contributed by atoms with Gasteiger partial charge >= 0.3 is 6.18 Å². The molecule has 0 aromatic heterocycles. The zero-order valence-electron chi connectivity index (χ0n) is 12.6. The Morgan fingerprint density at radius 1 is 1.15 bits per heavy atom. The molecule has 1 aliphatic rings. The van der Waals surface area contributed by atoms with Crippen molar-refractivity contribution in [1.82, 2.24) is 10.2 Å². The van der Waals surface area contributed by atoms with E-state index in [0.717, 1.165) is 0 Å². The van der Waals surface area contributed by atoms with Gasteiger partial charge in [0.2, 0.25) is 5.91 Å². The largest absolute Gasteiger partial charge is 0.389 e. The lowest BCUT2D eigenvalue weighted by Gasteiger charge is -2.27. The number of nitrogens with zero attached hydrogens (tertiary/aromatic N) is 1. The van der Waals surface area contributed by atoms with Crippen molar-refractivity contribution < 1.29 is 18.0 Å². The summed E-state index contributed by atoms with van der Waals surface area (Å²) in [7, 11) is 0. The highest BCUT2D eigenvalue weighted by Crippen LogP contribution is 2.25. The van der Waals surface area contributed by atoms with Crippen LogP contribution < -0.4 is 5.32 Å². The van der Waals surface area contributed by atoms with Crippen LogP contribution >= 0.6 is 0 Å². The molecular weight excluding hydrogens is 269 g/mol. The fourth-order valence-corrected chi connectivity index (χ4v) is 2.55. The fourth-order valence-electron chi connectivity index (χ4n) is 2.55. The number of hydrogen-bond donors (Lipinski definition) is 1. The molecule has 1 aliphatic heterocycles. The van der Waals surface area contributed by atoms with Crippen LogP contribution in [0.1, 0.15) is 47.0 Å². The lowest BCUT2D eigenvalue weighted by molar-refractivity contribution is -0.136. The third-order valence-corrected chi connectivity index (χ3v) is 3.64. The molecule has 0 aromatic rings. The highest BCUT2D eigenvalue weighted by atomic mass is 19.4. The van der Waals surface area contributed by atoms with E-state index >= 15 is 0 Å². The number of alkyl halides is 3. The van der Waals surface area contributed by atoms with Crippen LogP contribution in [-0.4, -0.2) is 35.7 Å². The van der Waals surface area contributed by atoms with Crippen molar-refractivity contribution in [2.75, 3.05) is 6.54 Å². The summed E-state index contributed by atoms with van der Waals surface area (Å²) in [5.74, 6) is 0.444. The first-order valence-corrected chi connectivity index (χ1v) is 7.26. The fraction of sp³-hybridized carbons (Fsp3) is 0.929. The van der Waals surface area contributed by atoms with Gasteiger partial charge in [-0.15, -0.1) is 0 Å². The van der Waals surface area contributed by atoms with Gasteiger partial charge in [-0.1, -0.05) is 27.7 Å². The van der Waals surface area contributed by atoms with E-state index < -0.39 is 12.6 Å². The standard InChI is InChI=1S/C14H25F3N2O/c1-9(2)11-13(20)19(12(18-11)10(3)4)8-6-5-7-14(15,16)17/h9-12,18H,5-8H2,1-4H3. The molecule has 1 rings (SSSR count). The van der Waals surface area contributed by atoms with Crippen LogP contribution in [0.3, 0.4) is 0 Å². The van der Waals surface area contributed by atoms with Gasteiger partial charge in [0.25, 0.3) is 0 Å². The smallest absolute Gasteiger partial charge is 0.326 e. The maximum atomic E-state index is 12.3. The Kier molecular flexibility index (Phi) is 5.86. The van der Waals surface area contributed by atoms with E-state index in [1.165, 1.54) is 0 Å². The molecule has 118 valence electrons. The maximum Gasteiger partial charge on any atom is 0.389 e. The van der Waals surface area contributed by atoms with Crippen LogP contribution in [0.5, 0.6) is 0 Å². The van der Waals surface area contributed by atoms with Crippen molar-refractivity contribution >= 4 is 5.91 Å². The quantitative estimate of drug-likeness (QED) is 0.763. The van der Waals surface area contributed by atoms with E-state index in [-0.39, 0.29) is 36.4 Å². The number of unbranched alkanes of at least 4 members (excludes halogenated alkanes) is 1. The van der Waals surface area contributed by atoms with E-state index in [1.807, 2.05) is 27.7 Å². The molecule has 1 fully saturated rings. The predicted molar refractivity (Wildman–Crippen MR) is 72.0 cm³/mol. The minimum Gasteiger partial charge on any atom is -0.326 e. The average molecular weight is 294 g/mol. The number of carbonyl (C=O) groups is 1. The molecule has 0 aromatic carbocycles. The first-order chi connectivity index (χ1) is 9.13. The van der Waals surface area contributed by atoms with Crippen LogP contribution in [0.4, 0.5) is 13.2 Å². The Labute approximate surface area is 118 Å². The van der Waals surface area contributed by atoms with Crippen molar-refractivity contribution in [1.29, 1.82) is 0 Å². The Balaban J connectivity index is 2.54. The summed E-state index contributed by atoms with van der Waals surface area (Å²) in [6.07, 6.45) is -4.49. The molecule has 0 aliphatic carbocycles. The lowest BCUT2D eigenvalue weighted by atomic mass is 10.0. The van der Waals surface area contributed by atoms with Crippen molar-refractivity contribution in [2.24, 2.45) is 11.8 Å². The van der Waals surface area contributed by atoms with E-state index in [9.17, 15) is 18.0 Å². The molecule has 1 N–H and O–H groups in total. The summed E-state index contributed by atoms with van der Waals surface area (Å²) in [6.45, 7) is 8.36. The second-order valence-electron chi connectivity index (χ2n) is 6.18. The molecule has 2 atom stereocenters. The molecule has 6 heteroatoms. The molecule has 0 saturated carbocycles. The van der Waals surface area contributed by atoms with E-state index in [0.29, 0.717) is 13.0 Å². The summed E-state index contributed by atoms with van der Waals surface area (Å²) < 4.78 is 36.3. The highest BCUT2D eigenvalue weighted by Gasteiger charge is 2.41. The summed E-state index contributed by atoms with van der Waals surface area (Å²) >= 11 is 0. The number of amides is 1. The summed E-state index contributed by atoms with van der Waals surface area (Å²) in [5, 5.41) is 3.30. The van der Waals surface area contributed by atoms with Gasteiger partial charge in [0.15, 0.2) is 0 Å². The Morgan fingerprint density at radius 2 is 1.75 bits per heavy atom. The number of nitrogens with one attached hydrogen (secondary N) is 1. The molecule has 0 bridgehead atoms. The number of hydrogen-bond acceptors (Lipinski definition) is 2. The normalized spacial score (nSPS) is 24.2. The van der Waals surface area contributed by atoms with Crippen molar-refractivity contribution in [3.63, 3.8) is 0 Å².